The summed E-state index contributed by atoms with van der Waals surface area (Å²) in [5.74, 6) is 2.45. The Balaban J connectivity index is 1.99. The molecule has 3 heterocycles. The Kier molecular flexibility index (Phi) is 2.66. The SMILES string of the molecule is Clc1nn(C2CCSC2)c2c1CNCC2. The first-order chi connectivity index (χ1) is 7.36. The maximum Gasteiger partial charge on any atom is 0.155 e. The number of aromatic nitrogens is 2. The van der Waals surface area contributed by atoms with Gasteiger partial charge in [-0.1, -0.05) is 11.6 Å². The van der Waals surface area contributed by atoms with Crippen molar-refractivity contribution in [1.29, 1.82) is 0 Å². The fourth-order valence-electron chi connectivity index (χ4n) is 2.35. The van der Waals surface area contributed by atoms with Gasteiger partial charge in [0.25, 0.3) is 0 Å². The molecule has 2 aliphatic heterocycles. The van der Waals surface area contributed by atoms with Crippen molar-refractivity contribution < 1.29 is 0 Å². The molecule has 3 nitrogen and oxygen atoms in total. The molecule has 0 saturated carbocycles. The van der Waals surface area contributed by atoms with E-state index in [-0.39, 0.29) is 0 Å². The van der Waals surface area contributed by atoms with Crippen LogP contribution in [0.2, 0.25) is 5.15 Å². The summed E-state index contributed by atoms with van der Waals surface area (Å²) < 4.78 is 2.19. The van der Waals surface area contributed by atoms with Crippen LogP contribution in [-0.2, 0) is 13.0 Å². The first-order valence-corrected chi connectivity index (χ1v) is 6.94. The van der Waals surface area contributed by atoms with Gasteiger partial charge in [-0.3, -0.25) is 4.68 Å². The summed E-state index contributed by atoms with van der Waals surface area (Å²) in [6.45, 7) is 1.93. The number of nitrogens with one attached hydrogen (secondary N) is 1. The number of halogens is 1. The van der Waals surface area contributed by atoms with Gasteiger partial charge < -0.3 is 5.32 Å². The Morgan fingerprint density at radius 1 is 1.53 bits per heavy atom. The summed E-state index contributed by atoms with van der Waals surface area (Å²) in [4.78, 5) is 0. The van der Waals surface area contributed by atoms with E-state index in [9.17, 15) is 0 Å². The number of fused-ring (bicyclic) bond motifs is 1. The standard InChI is InChI=1S/C10H14ClN3S/c11-10-8-5-12-3-1-9(8)14(13-10)7-2-4-15-6-7/h7,12H,1-6H2. The average molecular weight is 244 g/mol. The zero-order valence-electron chi connectivity index (χ0n) is 8.50. The summed E-state index contributed by atoms with van der Waals surface area (Å²) in [6, 6.07) is 0.578. The summed E-state index contributed by atoms with van der Waals surface area (Å²) in [7, 11) is 0. The zero-order valence-corrected chi connectivity index (χ0v) is 10.1. The van der Waals surface area contributed by atoms with Gasteiger partial charge in [0, 0.05) is 36.5 Å². The van der Waals surface area contributed by atoms with Gasteiger partial charge in [-0.05, 0) is 12.2 Å². The molecule has 3 rings (SSSR count). The van der Waals surface area contributed by atoms with E-state index in [0.29, 0.717) is 11.2 Å². The summed E-state index contributed by atoms with van der Waals surface area (Å²) in [6.07, 6.45) is 2.30. The lowest BCUT2D eigenvalue weighted by Crippen LogP contribution is -2.26. The zero-order chi connectivity index (χ0) is 10.3. The van der Waals surface area contributed by atoms with E-state index in [4.69, 9.17) is 11.6 Å². The molecule has 1 aromatic heterocycles. The molecule has 0 aromatic carbocycles. The van der Waals surface area contributed by atoms with Gasteiger partial charge >= 0.3 is 0 Å². The Labute approximate surface area is 98.6 Å². The summed E-state index contributed by atoms with van der Waals surface area (Å²) in [5.41, 5.74) is 2.59. The Bertz CT molecular complexity index is 371. The molecule has 1 fully saturated rings. The Morgan fingerprint density at radius 3 is 3.27 bits per heavy atom. The van der Waals surface area contributed by atoms with Crippen LogP contribution in [0.1, 0.15) is 23.7 Å². The molecule has 0 amide bonds. The minimum atomic E-state index is 0.578. The third-order valence-electron chi connectivity index (χ3n) is 3.16. The van der Waals surface area contributed by atoms with Crippen molar-refractivity contribution in [3.05, 3.63) is 16.4 Å². The van der Waals surface area contributed by atoms with E-state index in [1.165, 1.54) is 29.2 Å². The molecule has 1 unspecified atom stereocenters. The van der Waals surface area contributed by atoms with E-state index in [1.807, 2.05) is 11.8 Å². The first-order valence-electron chi connectivity index (χ1n) is 5.40. The van der Waals surface area contributed by atoms with E-state index in [1.54, 1.807) is 0 Å². The third-order valence-corrected chi connectivity index (χ3v) is 4.61. The van der Waals surface area contributed by atoms with E-state index < -0.39 is 0 Å². The Morgan fingerprint density at radius 2 is 2.47 bits per heavy atom. The van der Waals surface area contributed by atoms with Crippen LogP contribution in [0.4, 0.5) is 0 Å². The molecule has 0 radical (unpaired) electrons. The highest BCUT2D eigenvalue weighted by atomic mass is 35.5. The van der Waals surface area contributed by atoms with E-state index in [2.05, 4.69) is 15.1 Å². The topological polar surface area (TPSA) is 29.9 Å². The molecular formula is C10H14ClN3S. The molecule has 1 saturated heterocycles. The number of thioether (sulfide) groups is 1. The van der Waals surface area contributed by atoms with Crippen LogP contribution in [0.15, 0.2) is 0 Å². The highest BCUT2D eigenvalue weighted by molar-refractivity contribution is 7.99. The molecule has 1 aromatic rings. The van der Waals surface area contributed by atoms with Gasteiger partial charge in [0.2, 0.25) is 0 Å². The van der Waals surface area contributed by atoms with Gasteiger partial charge in [0.05, 0.1) is 6.04 Å². The van der Waals surface area contributed by atoms with Crippen molar-refractivity contribution in [3.63, 3.8) is 0 Å². The molecule has 0 aliphatic carbocycles. The minimum absolute atomic E-state index is 0.578. The molecule has 0 spiro atoms. The van der Waals surface area contributed by atoms with Gasteiger partial charge in [-0.15, -0.1) is 0 Å². The van der Waals surface area contributed by atoms with Crippen LogP contribution in [0, 0.1) is 0 Å². The van der Waals surface area contributed by atoms with Crippen LogP contribution >= 0.6 is 23.4 Å². The highest BCUT2D eigenvalue weighted by Gasteiger charge is 2.26. The highest BCUT2D eigenvalue weighted by Crippen LogP contribution is 2.32. The molecule has 82 valence electrons. The number of hydrogen-bond acceptors (Lipinski definition) is 3. The fourth-order valence-corrected chi connectivity index (χ4v) is 3.79. The first kappa shape index (κ1) is 10.00. The van der Waals surface area contributed by atoms with Crippen molar-refractivity contribution in [2.75, 3.05) is 18.1 Å². The predicted octanol–water partition coefficient (Wildman–Crippen LogP) is 1.86. The van der Waals surface area contributed by atoms with E-state index >= 15 is 0 Å². The quantitative estimate of drug-likeness (QED) is 0.817. The molecule has 0 bridgehead atoms. The molecule has 15 heavy (non-hydrogen) atoms. The van der Waals surface area contributed by atoms with Crippen molar-refractivity contribution in [2.24, 2.45) is 0 Å². The Hall–Kier alpha value is -0.190. The average Bonchev–Trinajstić information content (AvgIpc) is 2.87. The second-order valence-corrected chi connectivity index (χ2v) is 5.61. The van der Waals surface area contributed by atoms with Gasteiger partial charge in [0.1, 0.15) is 0 Å². The van der Waals surface area contributed by atoms with Crippen molar-refractivity contribution in [2.45, 2.75) is 25.4 Å². The lowest BCUT2D eigenvalue weighted by molar-refractivity contribution is 0.470. The van der Waals surface area contributed by atoms with Gasteiger partial charge in [-0.2, -0.15) is 16.9 Å². The normalized spacial score (nSPS) is 25.5. The van der Waals surface area contributed by atoms with Crippen LogP contribution in [-0.4, -0.2) is 27.8 Å². The maximum atomic E-state index is 6.16. The van der Waals surface area contributed by atoms with Crippen molar-refractivity contribution in [1.82, 2.24) is 15.1 Å². The van der Waals surface area contributed by atoms with Gasteiger partial charge in [-0.25, -0.2) is 0 Å². The third kappa shape index (κ3) is 1.69. The molecule has 1 atom stereocenters. The smallest absolute Gasteiger partial charge is 0.155 e. The number of hydrogen-bond donors (Lipinski definition) is 1. The van der Waals surface area contributed by atoms with Crippen LogP contribution in [0.5, 0.6) is 0 Å². The monoisotopic (exact) mass is 243 g/mol. The van der Waals surface area contributed by atoms with Gasteiger partial charge in [0.15, 0.2) is 5.15 Å². The van der Waals surface area contributed by atoms with Crippen molar-refractivity contribution >= 4 is 23.4 Å². The molecular weight excluding hydrogens is 230 g/mol. The molecule has 5 heteroatoms. The van der Waals surface area contributed by atoms with Crippen LogP contribution in [0.3, 0.4) is 0 Å². The predicted molar refractivity (Wildman–Crippen MR) is 63.6 cm³/mol. The summed E-state index contributed by atoms with van der Waals surface area (Å²) in [5, 5.41) is 8.55. The second-order valence-electron chi connectivity index (χ2n) is 4.10. The second kappa shape index (κ2) is 4.00. The fraction of sp³-hybridized carbons (Fsp3) is 0.700. The molecule has 2 aliphatic rings. The lowest BCUT2D eigenvalue weighted by atomic mass is 10.1. The van der Waals surface area contributed by atoms with Crippen LogP contribution in [0.25, 0.3) is 0 Å². The maximum absolute atomic E-state index is 6.16. The van der Waals surface area contributed by atoms with E-state index in [0.717, 1.165) is 19.5 Å². The van der Waals surface area contributed by atoms with Crippen molar-refractivity contribution in [3.8, 4) is 0 Å². The summed E-state index contributed by atoms with van der Waals surface area (Å²) >= 11 is 8.18. The largest absolute Gasteiger partial charge is 0.312 e. The molecule has 1 N–H and O–H groups in total. The number of rotatable bonds is 1. The number of nitrogens with zero attached hydrogens (tertiary/aromatic N) is 2. The lowest BCUT2D eigenvalue weighted by Gasteiger charge is -2.18. The minimum Gasteiger partial charge on any atom is -0.312 e. The van der Waals surface area contributed by atoms with Crippen LogP contribution < -0.4 is 5.32 Å².